The highest BCUT2D eigenvalue weighted by Crippen LogP contribution is 2.14. The smallest absolute Gasteiger partial charge is 0.236 e. The Balaban J connectivity index is 1.34. The molecule has 2 aromatic rings. The fourth-order valence-electron chi connectivity index (χ4n) is 3.20. The van der Waals surface area contributed by atoms with E-state index in [0.29, 0.717) is 12.2 Å². The molecule has 0 aliphatic carbocycles. The molecule has 122 valence electrons. The highest BCUT2D eigenvalue weighted by Gasteiger charge is 2.24. The third-order valence-corrected chi connectivity index (χ3v) is 4.57. The molecule has 0 radical (unpaired) electrons. The normalized spacial score (nSPS) is 19.7. The second-order valence-electron chi connectivity index (χ2n) is 6.07. The Kier molecular flexibility index (Phi) is 3.78. The van der Waals surface area contributed by atoms with Crippen molar-refractivity contribution in [2.45, 2.75) is 12.8 Å². The molecule has 4 heterocycles. The van der Waals surface area contributed by atoms with Crippen LogP contribution in [0.5, 0.6) is 0 Å². The molecular weight excluding hydrogens is 296 g/mol. The van der Waals surface area contributed by atoms with Gasteiger partial charge in [-0.15, -0.1) is 14.8 Å². The molecule has 4 rings (SSSR count). The monoisotopic (exact) mass is 316 g/mol. The maximum Gasteiger partial charge on any atom is 0.236 e. The first-order valence-corrected chi connectivity index (χ1v) is 8.10. The van der Waals surface area contributed by atoms with Crippen LogP contribution in [0.25, 0.3) is 5.65 Å². The molecule has 0 atom stereocenters. The topological polar surface area (TPSA) is 82.8 Å². The molecule has 9 heteroatoms. The van der Waals surface area contributed by atoms with Gasteiger partial charge in [0.05, 0.1) is 6.54 Å². The van der Waals surface area contributed by atoms with E-state index in [2.05, 4.69) is 30.4 Å². The molecule has 0 spiro atoms. The Morgan fingerprint density at radius 3 is 2.61 bits per heavy atom. The largest absolute Gasteiger partial charge is 0.353 e. The lowest BCUT2D eigenvalue weighted by molar-refractivity contribution is -0.131. The van der Waals surface area contributed by atoms with Crippen LogP contribution in [0.2, 0.25) is 0 Å². The highest BCUT2D eigenvalue weighted by molar-refractivity contribution is 5.78. The molecule has 0 bridgehead atoms. The second kappa shape index (κ2) is 6.07. The number of amides is 1. The zero-order chi connectivity index (χ0) is 15.6. The number of rotatable bonds is 3. The van der Waals surface area contributed by atoms with Gasteiger partial charge in [-0.25, -0.2) is 0 Å². The van der Waals surface area contributed by atoms with E-state index in [4.69, 9.17) is 0 Å². The third kappa shape index (κ3) is 2.96. The van der Waals surface area contributed by atoms with Gasteiger partial charge in [0.2, 0.25) is 5.91 Å². The number of tetrazole rings is 1. The van der Waals surface area contributed by atoms with Gasteiger partial charge in [-0.2, -0.15) is 0 Å². The number of hydrogen-bond donors (Lipinski definition) is 0. The summed E-state index contributed by atoms with van der Waals surface area (Å²) < 4.78 is 1.44. The number of carbonyl (C=O) groups excluding carboxylic acids is 1. The summed E-state index contributed by atoms with van der Waals surface area (Å²) in [5.41, 5.74) is 0.642. The van der Waals surface area contributed by atoms with Crippen LogP contribution in [0.15, 0.2) is 12.1 Å². The number of nitrogens with zero attached hydrogens (tertiary/aromatic N) is 8. The number of anilines is 1. The van der Waals surface area contributed by atoms with E-state index in [-0.39, 0.29) is 5.91 Å². The molecule has 23 heavy (non-hydrogen) atoms. The van der Waals surface area contributed by atoms with E-state index >= 15 is 0 Å². The van der Waals surface area contributed by atoms with Crippen LogP contribution in [0.3, 0.4) is 0 Å². The molecule has 0 aromatic carbocycles. The zero-order valence-electron chi connectivity index (χ0n) is 13.0. The minimum Gasteiger partial charge on any atom is -0.353 e. The molecule has 2 fully saturated rings. The van der Waals surface area contributed by atoms with Crippen LogP contribution < -0.4 is 4.90 Å². The van der Waals surface area contributed by atoms with Crippen molar-refractivity contribution in [3.05, 3.63) is 12.1 Å². The average molecular weight is 316 g/mol. The first-order valence-electron chi connectivity index (χ1n) is 8.10. The van der Waals surface area contributed by atoms with Gasteiger partial charge in [0.1, 0.15) is 0 Å². The summed E-state index contributed by atoms with van der Waals surface area (Å²) in [5, 5.41) is 15.7. The average Bonchev–Trinajstić information content (AvgIpc) is 3.26. The van der Waals surface area contributed by atoms with Crippen LogP contribution in [-0.4, -0.2) is 86.8 Å². The van der Waals surface area contributed by atoms with Crippen molar-refractivity contribution in [3.63, 3.8) is 0 Å². The SMILES string of the molecule is O=C(CN1CCN(c2ccc3nnnn3n2)CC1)N1CCCC1. The van der Waals surface area contributed by atoms with Crippen molar-refractivity contribution >= 4 is 17.4 Å². The molecular formula is C14H20N8O. The second-order valence-corrected chi connectivity index (χ2v) is 6.07. The number of hydrogen-bond acceptors (Lipinski definition) is 7. The Morgan fingerprint density at radius 1 is 1.04 bits per heavy atom. The summed E-state index contributed by atoms with van der Waals surface area (Å²) in [6, 6.07) is 3.81. The predicted molar refractivity (Wildman–Crippen MR) is 83.0 cm³/mol. The Labute approximate surface area is 133 Å². The summed E-state index contributed by atoms with van der Waals surface area (Å²) in [7, 11) is 0. The predicted octanol–water partition coefficient (Wildman–Crippen LogP) is -0.736. The Bertz CT molecular complexity index is 687. The van der Waals surface area contributed by atoms with Crippen LogP contribution in [-0.2, 0) is 4.79 Å². The highest BCUT2D eigenvalue weighted by atomic mass is 16.2. The van der Waals surface area contributed by atoms with E-state index in [1.165, 1.54) is 4.63 Å². The molecule has 2 saturated heterocycles. The van der Waals surface area contributed by atoms with E-state index in [1.807, 2.05) is 17.0 Å². The lowest BCUT2D eigenvalue weighted by Crippen LogP contribution is -2.50. The molecule has 9 nitrogen and oxygen atoms in total. The standard InChI is InChI=1S/C14H20N8O/c23-14(21-5-1-2-6-21)11-19-7-9-20(10-8-19)13-4-3-12-15-17-18-22(12)16-13/h3-4H,1-2,5-11H2. The van der Waals surface area contributed by atoms with Crippen LogP contribution in [0.1, 0.15) is 12.8 Å². The van der Waals surface area contributed by atoms with Crippen molar-refractivity contribution in [2.24, 2.45) is 0 Å². The summed E-state index contributed by atoms with van der Waals surface area (Å²) in [4.78, 5) is 18.6. The first-order chi connectivity index (χ1) is 11.3. The van der Waals surface area contributed by atoms with Gasteiger partial charge in [-0.3, -0.25) is 9.69 Å². The molecule has 2 aliphatic heterocycles. The van der Waals surface area contributed by atoms with Crippen molar-refractivity contribution in [1.29, 1.82) is 0 Å². The Morgan fingerprint density at radius 2 is 1.83 bits per heavy atom. The van der Waals surface area contributed by atoms with Crippen LogP contribution in [0.4, 0.5) is 5.82 Å². The van der Waals surface area contributed by atoms with Crippen molar-refractivity contribution < 1.29 is 4.79 Å². The molecule has 2 aromatic heterocycles. The van der Waals surface area contributed by atoms with Gasteiger partial charge < -0.3 is 9.80 Å². The fraction of sp³-hybridized carbons (Fsp3) is 0.643. The maximum atomic E-state index is 12.2. The molecule has 0 saturated carbocycles. The van der Waals surface area contributed by atoms with Crippen LogP contribution >= 0.6 is 0 Å². The van der Waals surface area contributed by atoms with Gasteiger partial charge >= 0.3 is 0 Å². The molecule has 0 N–H and O–H groups in total. The van der Waals surface area contributed by atoms with Crippen molar-refractivity contribution in [3.8, 4) is 0 Å². The zero-order valence-corrected chi connectivity index (χ0v) is 13.0. The summed E-state index contributed by atoms with van der Waals surface area (Å²) in [5.74, 6) is 1.14. The Hall–Kier alpha value is -2.29. The minimum atomic E-state index is 0.268. The van der Waals surface area contributed by atoms with Gasteiger partial charge in [0, 0.05) is 39.3 Å². The number of fused-ring (bicyclic) bond motifs is 1. The van der Waals surface area contributed by atoms with Crippen LogP contribution in [0, 0.1) is 0 Å². The third-order valence-electron chi connectivity index (χ3n) is 4.57. The minimum absolute atomic E-state index is 0.268. The first kappa shape index (κ1) is 14.3. The van der Waals surface area contributed by atoms with Gasteiger partial charge in [-0.1, -0.05) is 0 Å². The van der Waals surface area contributed by atoms with Gasteiger partial charge in [0.15, 0.2) is 11.5 Å². The summed E-state index contributed by atoms with van der Waals surface area (Å²) in [6.45, 7) is 5.84. The van der Waals surface area contributed by atoms with E-state index in [0.717, 1.165) is 57.9 Å². The number of carbonyl (C=O) groups is 1. The van der Waals surface area contributed by atoms with Crippen molar-refractivity contribution in [1.82, 2.24) is 35.1 Å². The quantitative estimate of drug-likeness (QED) is 0.738. The fourth-order valence-corrected chi connectivity index (χ4v) is 3.20. The number of aromatic nitrogens is 5. The van der Waals surface area contributed by atoms with E-state index in [9.17, 15) is 4.79 Å². The molecule has 0 unspecified atom stereocenters. The number of piperazine rings is 1. The van der Waals surface area contributed by atoms with Crippen molar-refractivity contribution in [2.75, 3.05) is 50.7 Å². The number of likely N-dealkylation sites (tertiary alicyclic amines) is 1. The van der Waals surface area contributed by atoms with Gasteiger partial charge in [0.25, 0.3) is 0 Å². The summed E-state index contributed by atoms with van der Waals surface area (Å²) in [6.07, 6.45) is 2.29. The van der Waals surface area contributed by atoms with E-state index in [1.54, 1.807) is 0 Å². The maximum absolute atomic E-state index is 12.2. The lowest BCUT2D eigenvalue weighted by Gasteiger charge is -2.35. The summed E-state index contributed by atoms with van der Waals surface area (Å²) >= 11 is 0. The van der Waals surface area contributed by atoms with E-state index < -0.39 is 0 Å². The lowest BCUT2D eigenvalue weighted by atomic mass is 10.3. The molecule has 2 aliphatic rings. The van der Waals surface area contributed by atoms with Gasteiger partial charge in [-0.05, 0) is 35.4 Å². The molecule has 1 amide bonds.